The van der Waals surface area contributed by atoms with Crippen molar-refractivity contribution in [2.24, 2.45) is 5.92 Å². The molecular weight excluding hydrogens is 653 g/mol. The van der Waals surface area contributed by atoms with E-state index in [0.29, 0.717) is 68.7 Å². The summed E-state index contributed by atoms with van der Waals surface area (Å²) in [5, 5.41) is 7.10. The Labute approximate surface area is 300 Å². The smallest absolute Gasteiger partial charge is 0.245 e. The summed E-state index contributed by atoms with van der Waals surface area (Å²) in [4.78, 5) is 46.5. The Morgan fingerprint density at radius 2 is 1.64 bits per heavy atom. The first-order valence-corrected chi connectivity index (χ1v) is 18.5. The summed E-state index contributed by atoms with van der Waals surface area (Å²) in [6.45, 7) is 5.29. The van der Waals surface area contributed by atoms with E-state index in [1.165, 1.54) is 30.9 Å². The molecule has 6 rings (SSSR count). The highest BCUT2D eigenvalue weighted by atomic mass is 35.5. The third-order valence-corrected chi connectivity index (χ3v) is 11.0. The lowest BCUT2D eigenvalue weighted by molar-refractivity contribution is -0.138. The number of hydrogen-bond acceptors (Lipinski definition) is 5. The average molecular weight is 702 g/mol. The van der Waals surface area contributed by atoms with Gasteiger partial charge in [0.05, 0.1) is 6.04 Å². The monoisotopic (exact) mass is 701 g/mol. The molecule has 3 amide bonds. The minimum absolute atomic E-state index is 0.00259. The van der Waals surface area contributed by atoms with Crippen LogP contribution in [0.25, 0.3) is 0 Å². The summed E-state index contributed by atoms with van der Waals surface area (Å²) in [6, 6.07) is 21.1. The van der Waals surface area contributed by atoms with Crippen molar-refractivity contribution in [1.29, 1.82) is 0 Å². The third kappa shape index (κ3) is 9.11. The van der Waals surface area contributed by atoms with E-state index >= 15 is 4.39 Å². The van der Waals surface area contributed by atoms with Gasteiger partial charge in [0.15, 0.2) is 0 Å². The molecule has 2 N–H and O–H groups in total. The first-order valence-electron chi connectivity index (χ1n) is 18.1. The van der Waals surface area contributed by atoms with Crippen LogP contribution in [0.15, 0.2) is 72.8 Å². The van der Waals surface area contributed by atoms with Crippen LogP contribution >= 0.6 is 11.6 Å². The van der Waals surface area contributed by atoms with Crippen LogP contribution in [0.4, 0.5) is 4.39 Å². The predicted octanol–water partition coefficient (Wildman–Crippen LogP) is 6.06. The van der Waals surface area contributed by atoms with Crippen LogP contribution in [0, 0.1) is 11.7 Å². The van der Waals surface area contributed by atoms with Gasteiger partial charge in [-0.25, -0.2) is 4.39 Å². The van der Waals surface area contributed by atoms with Crippen molar-refractivity contribution in [3.63, 3.8) is 0 Å². The van der Waals surface area contributed by atoms with Gasteiger partial charge in [-0.05, 0) is 53.6 Å². The normalized spacial score (nSPS) is 19.4. The molecule has 0 spiro atoms. The van der Waals surface area contributed by atoms with Crippen molar-refractivity contribution in [3.8, 4) is 0 Å². The molecule has 10 heteroatoms. The molecule has 3 aromatic rings. The Hall–Kier alpha value is -3.79. The summed E-state index contributed by atoms with van der Waals surface area (Å²) in [6.07, 6.45) is 6.42. The van der Waals surface area contributed by atoms with Crippen LogP contribution in [0.5, 0.6) is 0 Å². The van der Waals surface area contributed by atoms with E-state index in [4.69, 9.17) is 11.6 Å². The van der Waals surface area contributed by atoms with E-state index in [1.54, 1.807) is 25.1 Å². The molecule has 3 aromatic carbocycles. The van der Waals surface area contributed by atoms with E-state index in [1.807, 2.05) is 52.3 Å². The average Bonchev–Trinajstić information content (AvgIpc) is 3.53. The number of hydrogen-bond donors (Lipinski definition) is 2. The lowest BCUT2D eigenvalue weighted by atomic mass is 9.88. The Balaban J connectivity index is 1.14. The number of halogens is 2. The van der Waals surface area contributed by atoms with Crippen LogP contribution in [0.3, 0.4) is 0 Å². The van der Waals surface area contributed by atoms with E-state index < -0.39 is 6.04 Å². The number of carbonyl (C=O) groups excluding carboxylic acids is 3. The summed E-state index contributed by atoms with van der Waals surface area (Å²) in [7, 11) is 0. The Morgan fingerprint density at radius 3 is 2.36 bits per heavy atom. The number of nitrogens with one attached hydrogen (secondary N) is 2. The molecule has 0 radical (unpaired) electrons. The lowest BCUT2D eigenvalue weighted by Gasteiger charge is -2.42. The van der Waals surface area contributed by atoms with Crippen molar-refractivity contribution in [2.45, 2.75) is 76.5 Å². The van der Waals surface area contributed by atoms with Crippen LogP contribution in [0.2, 0.25) is 5.02 Å². The fourth-order valence-electron chi connectivity index (χ4n) is 7.91. The molecule has 3 atom stereocenters. The molecule has 3 aliphatic rings. The zero-order chi connectivity index (χ0) is 35.0. The summed E-state index contributed by atoms with van der Waals surface area (Å²) in [5.74, 6) is -0.148. The third-order valence-electron chi connectivity index (χ3n) is 10.7. The number of amides is 3. The van der Waals surface area contributed by atoms with Crippen LogP contribution < -0.4 is 10.6 Å². The molecule has 1 saturated heterocycles. The van der Waals surface area contributed by atoms with E-state index in [-0.39, 0.29) is 42.0 Å². The van der Waals surface area contributed by atoms with Gasteiger partial charge < -0.3 is 20.4 Å². The number of piperazine rings is 1. The van der Waals surface area contributed by atoms with Gasteiger partial charge in [0.1, 0.15) is 11.9 Å². The maximum absolute atomic E-state index is 15.3. The minimum atomic E-state index is -0.752. The molecule has 0 bridgehead atoms. The molecule has 2 aliphatic heterocycles. The fourth-order valence-corrected chi connectivity index (χ4v) is 8.03. The quantitative estimate of drug-likeness (QED) is 0.240. The molecule has 1 saturated carbocycles. The van der Waals surface area contributed by atoms with Gasteiger partial charge in [0, 0.05) is 82.2 Å². The van der Waals surface area contributed by atoms with Gasteiger partial charge in [-0.3, -0.25) is 19.3 Å². The van der Waals surface area contributed by atoms with Gasteiger partial charge in [-0.2, -0.15) is 0 Å². The van der Waals surface area contributed by atoms with Gasteiger partial charge in [-0.15, -0.1) is 0 Å². The minimum Gasteiger partial charge on any atom is -0.344 e. The zero-order valence-electron chi connectivity index (χ0n) is 29.0. The number of nitrogens with zero attached hydrogens (tertiary/aromatic N) is 3. The molecule has 3 unspecified atom stereocenters. The lowest BCUT2D eigenvalue weighted by Crippen LogP contribution is -2.57. The van der Waals surface area contributed by atoms with Crippen molar-refractivity contribution < 1.29 is 18.8 Å². The second-order valence-corrected chi connectivity index (χ2v) is 14.6. The van der Waals surface area contributed by atoms with Crippen LogP contribution in [-0.4, -0.2) is 77.7 Å². The second kappa shape index (κ2) is 16.9. The Bertz CT molecular complexity index is 1620. The van der Waals surface area contributed by atoms with Crippen molar-refractivity contribution in [2.75, 3.05) is 39.3 Å². The van der Waals surface area contributed by atoms with Gasteiger partial charge in [0.2, 0.25) is 17.7 Å². The van der Waals surface area contributed by atoms with Gasteiger partial charge in [-0.1, -0.05) is 85.5 Å². The SMILES string of the molecule is CC(=O)N(CC1CCCCC1)CC(c1ccccc1F)N1CCN(C(=O)C(Cc2ccc(Cl)cc2)NC(=O)CC2NCc3ccccc32)CC1. The highest BCUT2D eigenvalue weighted by molar-refractivity contribution is 6.30. The molecule has 8 nitrogen and oxygen atoms in total. The first-order chi connectivity index (χ1) is 24.2. The predicted molar refractivity (Wildman–Crippen MR) is 194 cm³/mol. The second-order valence-electron chi connectivity index (χ2n) is 14.1. The molecule has 0 aromatic heterocycles. The van der Waals surface area contributed by atoms with E-state index in [9.17, 15) is 14.4 Å². The number of carbonyl (C=O) groups is 3. The molecule has 50 heavy (non-hydrogen) atoms. The Kier molecular flexibility index (Phi) is 12.2. The Morgan fingerprint density at radius 1 is 0.940 bits per heavy atom. The number of fused-ring (bicyclic) bond motifs is 1. The molecular formula is C40H49ClFN5O3. The molecule has 2 heterocycles. The largest absolute Gasteiger partial charge is 0.344 e. The van der Waals surface area contributed by atoms with E-state index in [2.05, 4.69) is 21.6 Å². The molecule has 2 fully saturated rings. The summed E-state index contributed by atoms with van der Waals surface area (Å²) < 4.78 is 15.3. The van der Waals surface area contributed by atoms with Crippen LogP contribution in [-0.2, 0) is 27.3 Å². The summed E-state index contributed by atoms with van der Waals surface area (Å²) >= 11 is 6.14. The van der Waals surface area contributed by atoms with Crippen molar-refractivity contribution in [3.05, 3.63) is 106 Å². The maximum Gasteiger partial charge on any atom is 0.245 e. The van der Waals surface area contributed by atoms with E-state index in [0.717, 1.165) is 24.0 Å². The van der Waals surface area contributed by atoms with Crippen molar-refractivity contribution >= 4 is 29.3 Å². The topological polar surface area (TPSA) is 85.0 Å². The summed E-state index contributed by atoms with van der Waals surface area (Å²) in [5.41, 5.74) is 3.77. The highest BCUT2D eigenvalue weighted by Gasteiger charge is 2.34. The first kappa shape index (κ1) is 36.0. The highest BCUT2D eigenvalue weighted by Crippen LogP contribution is 2.30. The number of benzene rings is 3. The zero-order valence-corrected chi connectivity index (χ0v) is 29.7. The molecule has 1 aliphatic carbocycles. The standard InChI is InChI=1S/C40H49ClFN5O3/c1-28(48)47(26-30-9-3-2-4-10-30)27-38(34-13-7-8-14-35(34)42)45-19-21-46(22-20-45)40(50)37(23-29-15-17-32(41)18-16-29)44-39(49)24-36-33-12-6-5-11-31(33)25-43-36/h5-8,11-18,30,36-38,43H,2-4,9-10,19-27H2,1H3,(H,44,49). The van der Waals surface area contributed by atoms with Crippen molar-refractivity contribution in [1.82, 2.24) is 25.3 Å². The fraction of sp³-hybridized carbons (Fsp3) is 0.475. The maximum atomic E-state index is 15.3. The van der Waals surface area contributed by atoms with Crippen LogP contribution in [0.1, 0.15) is 79.8 Å². The van der Waals surface area contributed by atoms with Gasteiger partial charge >= 0.3 is 0 Å². The number of rotatable bonds is 12. The van der Waals surface area contributed by atoms with Gasteiger partial charge in [0.25, 0.3) is 0 Å². The molecule has 266 valence electrons.